The van der Waals surface area contributed by atoms with Crippen LogP contribution in [-0.2, 0) is 14.0 Å². The lowest BCUT2D eigenvalue weighted by molar-refractivity contribution is 0.00578. The van der Waals surface area contributed by atoms with Crippen LogP contribution in [0, 0.1) is 0 Å². The first-order chi connectivity index (χ1) is 8.91. The van der Waals surface area contributed by atoms with Gasteiger partial charge in [0.25, 0.3) is 0 Å². The van der Waals surface area contributed by atoms with Gasteiger partial charge < -0.3 is 18.9 Å². The first kappa shape index (κ1) is 13.3. The third-order valence-electron chi connectivity index (χ3n) is 5.00. The summed E-state index contributed by atoms with van der Waals surface area (Å²) in [6.07, 6.45) is 5.72. The average molecular weight is 265 g/mol. The topological polar surface area (TPSA) is 30.9 Å². The summed E-state index contributed by atoms with van der Waals surface area (Å²) in [7, 11) is -0.300. The highest BCUT2D eigenvalue weighted by atomic mass is 16.7. The maximum Gasteiger partial charge on any atom is 0.515 e. The lowest BCUT2D eigenvalue weighted by Crippen LogP contribution is -2.47. The molecule has 3 aliphatic rings. The zero-order valence-corrected chi connectivity index (χ0v) is 12.4. The third kappa shape index (κ3) is 2.17. The largest absolute Gasteiger partial charge is 0.515 e. The fourth-order valence-corrected chi connectivity index (χ4v) is 2.74. The van der Waals surface area contributed by atoms with Gasteiger partial charge in [-0.05, 0) is 47.0 Å². The van der Waals surface area contributed by atoms with E-state index in [4.69, 9.17) is 14.0 Å². The Morgan fingerprint density at radius 3 is 2.32 bits per heavy atom. The van der Waals surface area contributed by atoms with Gasteiger partial charge in [0.2, 0.25) is 0 Å². The summed E-state index contributed by atoms with van der Waals surface area (Å²) in [6.45, 7) is 10.1. The standard InChI is InChI=1S/C14H24BNO3/c1-13(2)14(3,4)19-15(18-13)12-10-17-9-8-16(12)11-6-5-7-11/h10-11H,5-9H2,1-4H3. The van der Waals surface area contributed by atoms with Gasteiger partial charge in [-0.3, -0.25) is 0 Å². The molecule has 0 bridgehead atoms. The molecule has 0 unspecified atom stereocenters. The monoisotopic (exact) mass is 265 g/mol. The lowest BCUT2D eigenvalue weighted by Gasteiger charge is -2.42. The van der Waals surface area contributed by atoms with Crippen molar-refractivity contribution in [3.63, 3.8) is 0 Å². The Hall–Kier alpha value is -0.675. The van der Waals surface area contributed by atoms with Gasteiger partial charge in [-0.15, -0.1) is 0 Å². The molecule has 1 saturated heterocycles. The van der Waals surface area contributed by atoms with E-state index >= 15 is 0 Å². The molecule has 2 aliphatic heterocycles. The maximum absolute atomic E-state index is 6.14. The minimum Gasteiger partial charge on any atom is -0.498 e. The summed E-state index contributed by atoms with van der Waals surface area (Å²) in [4.78, 5) is 2.43. The second kappa shape index (κ2) is 4.42. The summed E-state index contributed by atoms with van der Waals surface area (Å²) in [6, 6.07) is 0.647. The van der Waals surface area contributed by atoms with E-state index in [2.05, 4.69) is 32.6 Å². The number of hydrogen-bond donors (Lipinski definition) is 0. The molecule has 0 N–H and O–H groups in total. The molecule has 4 nitrogen and oxygen atoms in total. The highest BCUT2D eigenvalue weighted by molar-refractivity contribution is 6.54. The van der Waals surface area contributed by atoms with Crippen LogP contribution in [0.2, 0.25) is 0 Å². The summed E-state index contributed by atoms with van der Waals surface area (Å²) in [5.74, 6) is 0. The molecule has 1 saturated carbocycles. The van der Waals surface area contributed by atoms with E-state index in [0.717, 1.165) is 18.7 Å². The van der Waals surface area contributed by atoms with Gasteiger partial charge >= 0.3 is 7.12 Å². The van der Waals surface area contributed by atoms with Crippen LogP contribution < -0.4 is 0 Å². The normalized spacial score (nSPS) is 29.8. The predicted octanol–water partition coefficient (Wildman–Crippen LogP) is 2.34. The number of ether oxygens (including phenoxy) is 1. The molecule has 0 aromatic heterocycles. The fourth-order valence-electron chi connectivity index (χ4n) is 2.74. The van der Waals surface area contributed by atoms with Crippen LogP contribution in [0.15, 0.2) is 11.9 Å². The third-order valence-corrected chi connectivity index (χ3v) is 5.00. The van der Waals surface area contributed by atoms with Gasteiger partial charge in [-0.25, -0.2) is 0 Å². The Morgan fingerprint density at radius 1 is 1.16 bits per heavy atom. The summed E-state index contributed by atoms with van der Waals surface area (Å²) in [5.41, 5.74) is 0.484. The smallest absolute Gasteiger partial charge is 0.498 e. The zero-order chi connectivity index (χ0) is 13.7. The molecule has 19 heavy (non-hydrogen) atoms. The van der Waals surface area contributed by atoms with Crippen LogP contribution in [0.25, 0.3) is 0 Å². The SMILES string of the molecule is CC1(C)OB(C2=COCCN2C2CCC2)OC1(C)C. The molecule has 0 aromatic rings. The van der Waals surface area contributed by atoms with Crippen molar-refractivity contribution in [3.05, 3.63) is 11.9 Å². The first-order valence-electron chi connectivity index (χ1n) is 7.35. The minimum atomic E-state index is -0.300. The molecule has 2 heterocycles. The number of hydrogen-bond acceptors (Lipinski definition) is 4. The van der Waals surface area contributed by atoms with Crippen LogP contribution in [0.1, 0.15) is 47.0 Å². The maximum atomic E-state index is 6.14. The van der Waals surface area contributed by atoms with Crippen molar-refractivity contribution in [2.45, 2.75) is 64.2 Å². The van der Waals surface area contributed by atoms with E-state index < -0.39 is 0 Å². The molecule has 3 rings (SSSR count). The Kier molecular flexibility index (Phi) is 3.10. The predicted molar refractivity (Wildman–Crippen MR) is 74.5 cm³/mol. The van der Waals surface area contributed by atoms with Gasteiger partial charge in [-0.2, -0.15) is 0 Å². The van der Waals surface area contributed by atoms with Crippen molar-refractivity contribution in [1.82, 2.24) is 4.90 Å². The van der Waals surface area contributed by atoms with E-state index in [1.165, 1.54) is 19.3 Å². The molecule has 0 amide bonds. The summed E-state index contributed by atoms with van der Waals surface area (Å²) < 4.78 is 17.8. The highest BCUT2D eigenvalue weighted by Crippen LogP contribution is 2.40. The van der Waals surface area contributed by atoms with Crippen molar-refractivity contribution in [3.8, 4) is 0 Å². The van der Waals surface area contributed by atoms with Gasteiger partial charge in [0.1, 0.15) is 6.61 Å². The molecule has 106 valence electrons. The van der Waals surface area contributed by atoms with Crippen molar-refractivity contribution in [2.24, 2.45) is 0 Å². The Bertz CT molecular complexity index is 374. The van der Waals surface area contributed by atoms with Crippen LogP contribution in [0.4, 0.5) is 0 Å². The quantitative estimate of drug-likeness (QED) is 0.717. The van der Waals surface area contributed by atoms with Crippen LogP contribution >= 0.6 is 0 Å². The molecular formula is C14H24BNO3. The molecule has 5 heteroatoms. The van der Waals surface area contributed by atoms with Crippen molar-refractivity contribution >= 4 is 7.12 Å². The molecule has 2 fully saturated rings. The number of rotatable bonds is 2. The van der Waals surface area contributed by atoms with Gasteiger partial charge in [-0.1, -0.05) is 0 Å². The van der Waals surface area contributed by atoms with Crippen molar-refractivity contribution < 1.29 is 14.0 Å². The number of nitrogens with zero attached hydrogens (tertiary/aromatic N) is 1. The molecular weight excluding hydrogens is 241 g/mol. The van der Waals surface area contributed by atoms with Crippen LogP contribution in [0.5, 0.6) is 0 Å². The summed E-state index contributed by atoms with van der Waals surface area (Å²) >= 11 is 0. The van der Waals surface area contributed by atoms with E-state index in [9.17, 15) is 0 Å². The second-order valence-electron chi connectivity index (χ2n) is 6.78. The van der Waals surface area contributed by atoms with E-state index in [-0.39, 0.29) is 18.3 Å². The Balaban J connectivity index is 1.79. The van der Waals surface area contributed by atoms with Crippen molar-refractivity contribution in [2.75, 3.05) is 13.2 Å². The highest BCUT2D eigenvalue weighted by Gasteiger charge is 2.54. The Morgan fingerprint density at radius 2 is 1.79 bits per heavy atom. The molecule has 0 radical (unpaired) electrons. The van der Waals surface area contributed by atoms with E-state index in [1.54, 1.807) is 0 Å². The molecule has 0 atom stereocenters. The average Bonchev–Trinajstić information content (AvgIpc) is 2.46. The fraction of sp³-hybridized carbons (Fsp3) is 0.857. The van der Waals surface area contributed by atoms with Gasteiger partial charge in [0.15, 0.2) is 0 Å². The van der Waals surface area contributed by atoms with Crippen LogP contribution in [-0.4, -0.2) is 42.4 Å². The van der Waals surface area contributed by atoms with E-state index in [0.29, 0.717) is 6.04 Å². The van der Waals surface area contributed by atoms with Gasteiger partial charge in [0, 0.05) is 6.04 Å². The van der Waals surface area contributed by atoms with E-state index in [1.807, 2.05) is 6.26 Å². The lowest BCUT2D eigenvalue weighted by atomic mass is 9.80. The Labute approximate surface area is 116 Å². The molecule has 0 spiro atoms. The minimum absolute atomic E-state index is 0.290. The molecule has 0 aromatic carbocycles. The van der Waals surface area contributed by atoms with Crippen molar-refractivity contribution in [1.29, 1.82) is 0 Å². The second-order valence-corrected chi connectivity index (χ2v) is 6.78. The zero-order valence-electron chi connectivity index (χ0n) is 12.4. The first-order valence-corrected chi connectivity index (χ1v) is 7.35. The summed E-state index contributed by atoms with van der Waals surface area (Å²) in [5, 5.41) is 0. The molecule has 1 aliphatic carbocycles. The van der Waals surface area contributed by atoms with Gasteiger partial charge in [0.05, 0.1) is 29.6 Å². The van der Waals surface area contributed by atoms with Crippen LogP contribution in [0.3, 0.4) is 0 Å².